The first-order valence-electron chi connectivity index (χ1n) is 7.70. The highest BCUT2D eigenvalue weighted by atomic mass is 35.5. The van der Waals surface area contributed by atoms with Gasteiger partial charge in [0.05, 0.1) is 6.54 Å². The molecule has 1 heterocycles. The van der Waals surface area contributed by atoms with E-state index in [2.05, 4.69) is 39.7 Å². The van der Waals surface area contributed by atoms with Crippen LogP contribution in [0, 0.1) is 5.82 Å². The van der Waals surface area contributed by atoms with Gasteiger partial charge in [0.2, 0.25) is 0 Å². The minimum Gasteiger partial charge on any atom is -0.306 e. The van der Waals surface area contributed by atoms with Gasteiger partial charge in [0, 0.05) is 17.6 Å². The molecule has 0 saturated heterocycles. The second kappa shape index (κ2) is 7.55. The number of halogens is 2. The van der Waals surface area contributed by atoms with Crippen LogP contribution in [0.2, 0.25) is 5.02 Å². The van der Waals surface area contributed by atoms with Gasteiger partial charge in [0.1, 0.15) is 18.5 Å². The quantitative estimate of drug-likeness (QED) is 0.735. The summed E-state index contributed by atoms with van der Waals surface area (Å²) >= 11 is 6.10. The van der Waals surface area contributed by atoms with E-state index in [1.54, 1.807) is 17.1 Å². The van der Waals surface area contributed by atoms with Crippen molar-refractivity contribution in [2.75, 3.05) is 0 Å². The molecule has 6 heteroatoms. The third kappa shape index (κ3) is 4.19. The molecule has 0 aliphatic heterocycles. The molecule has 1 N–H and O–H groups in total. The van der Waals surface area contributed by atoms with Crippen LogP contribution in [0.1, 0.15) is 29.7 Å². The highest BCUT2D eigenvalue weighted by Crippen LogP contribution is 2.23. The van der Waals surface area contributed by atoms with Crippen molar-refractivity contribution in [1.29, 1.82) is 0 Å². The van der Waals surface area contributed by atoms with Crippen molar-refractivity contribution < 1.29 is 4.39 Å². The SMILES string of the molecule is CC(NCc1ccc(Cn2cncn2)cc1)c1ccc(F)cc1Cl. The maximum absolute atomic E-state index is 13.1. The Morgan fingerprint density at radius 1 is 1.17 bits per heavy atom. The lowest BCUT2D eigenvalue weighted by atomic mass is 10.1. The van der Waals surface area contributed by atoms with Crippen LogP contribution in [-0.4, -0.2) is 14.8 Å². The molecule has 124 valence electrons. The maximum Gasteiger partial charge on any atom is 0.137 e. The average Bonchev–Trinajstić information content (AvgIpc) is 3.07. The zero-order valence-electron chi connectivity index (χ0n) is 13.3. The van der Waals surface area contributed by atoms with Crippen LogP contribution < -0.4 is 5.32 Å². The van der Waals surface area contributed by atoms with Gasteiger partial charge in [-0.3, -0.25) is 0 Å². The first-order valence-corrected chi connectivity index (χ1v) is 8.08. The van der Waals surface area contributed by atoms with Crippen molar-refractivity contribution in [2.45, 2.75) is 26.1 Å². The Balaban J connectivity index is 1.58. The van der Waals surface area contributed by atoms with Crippen molar-refractivity contribution >= 4 is 11.6 Å². The van der Waals surface area contributed by atoms with Gasteiger partial charge in [-0.1, -0.05) is 41.9 Å². The molecule has 0 spiro atoms. The standard InChI is InChI=1S/C18H18ClFN4/c1-13(17-7-6-16(20)8-18(17)19)22-9-14-2-4-15(5-3-14)10-24-12-21-11-23-24/h2-8,11-13,22H,9-10H2,1H3. The summed E-state index contributed by atoms with van der Waals surface area (Å²) in [6, 6.07) is 12.8. The predicted octanol–water partition coefficient (Wildman–Crippen LogP) is 3.97. The zero-order chi connectivity index (χ0) is 16.9. The van der Waals surface area contributed by atoms with E-state index < -0.39 is 0 Å². The number of nitrogens with zero attached hydrogens (tertiary/aromatic N) is 3. The molecule has 3 rings (SSSR count). The Hall–Kier alpha value is -2.24. The fourth-order valence-electron chi connectivity index (χ4n) is 2.50. The molecule has 2 aromatic carbocycles. The molecule has 1 aromatic heterocycles. The minimum atomic E-state index is -0.320. The van der Waals surface area contributed by atoms with Crippen LogP contribution in [0.5, 0.6) is 0 Å². The van der Waals surface area contributed by atoms with Gasteiger partial charge < -0.3 is 5.32 Å². The van der Waals surface area contributed by atoms with Gasteiger partial charge in [-0.05, 0) is 35.7 Å². The summed E-state index contributed by atoms with van der Waals surface area (Å²) in [7, 11) is 0. The van der Waals surface area contributed by atoms with Crippen molar-refractivity contribution in [3.63, 3.8) is 0 Å². The smallest absolute Gasteiger partial charge is 0.137 e. The predicted molar refractivity (Wildman–Crippen MR) is 92.2 cm³/mol. The summed E-state index contributed by atoms with van der Waals surface area (Å²) in [4.78, 5) is 3.93. The topological polar surface area (TPSA) is 42.7 Å². The molecule has 0 bridgehead atoms. The summed E-state index contributed by atoms with van der Waals surface area (Å²) in [5.74, 6) is -0.320. The molecule has 3 aromatic rings. The van der Waals surface area contributed by atoms with E-state index in [4.69, 9.17) is 11.6 Å². The number of nitrogens with one attached hydrogen (secondary N) is 1. The van der Waals surface area contributed by atoms with E-state index in [0.29, 0.717) is 18.1 Å². The summed E-state index contributed by atoms with van der Waals surface area (Å²) < 4.78 is 14.9. The average molecular weight is 345 g/mol. The van der Waals surface area contributed by atoms with Crippen molar-refractivity contribution in [3.8, 4) is 0 Å². The molecule has 0 fully saturated rings. The van der Waals surface area contributed by atoms with Crippen molar-refractivity contribution in [1.82, 2.24) is 20.1 Å². The highest BCUT2D eigenvalue weighted by Gasteiger charge is 2.10. The lowest BCUT2D eigenvalue weighted by Crippen LogP contribution is -2.18. The number of aromatic nitrogens is 3. The highest BCUT2D eigenvalue weighted by molar-refractivity contribution is 6.31. The lowest BCUT2D eigenvalue weighted by molar-refractivity contribution is 0.571. The molecule has 0 amide bonds. The Bertz CT molecular complexity index is 787. The van der Waals surface area contributed by atoms with Crippen LogP contribution in [0.25, 0.3) is 0 Å². The molecule has 0 aliphatic rings. The van der Waals surface area contributed by atoms with Gasteiger partial charge in [-0.15, -0.1) is 0 Å². The van der Waals surface area contributed by atoms with Crippen LogP contribution in [0.3, 0.4) is 0 Å². The van der Waals surface area contributed by atoms with E-state index in [1.807, 2.05) is 6.92 Å². The van der Waals surface area contributed by atoms with E-state index in [-0.39, 0.29) is 11.9 Å². The molecule has 0 aliphatic carbocycles. The van der Waals surface area contributed by atoms with Crippen LogP contribution in [0.15, 0.2) is 55.1 Å². The van der Waals surface area contributed by atoms with Crippen molar-refractivity contribution in [3.05, 3.63) is 82.6 Å². The Kier molecular flexibility index (Phi) is 5.23. The maximum atomic E-state index is 13.1. The molecule has 24 heavy (non-hydrogen) atoms. The number of benzene rings is 2. The van der Waals surface area contributed by atoms with Gasteiger partial charge >= 0.3 is 0 Å². The number of rotatable bonds is 6. The molecule has 1 atom stereocenters. The second-order valence-corrected chi connectivity index (χ2v) is 6.09. The minimum absolute atomic E-state index is 0.0351. The summed E-state index contributed by atoms with van der Waals surface area (Å²) in [6.07, 6.45) is 3.23. The Morgan fingerprint density at radius 3 is 2.58 bits per heavy atom. The van der Waals surface area contributed by atoms with Gasteiger partial charge in [0.15, 0.2) is 0 Å². The second-order valence-electron chi connectivity index (χ2n) is 5.68. The largest absolute Gasteiger partial charge is 0.306 e. The van der Waals surface area contributed by atoms with E-state index in [1.165, 1.54) is 29.6 Å². The summed E-state index contributed by atoms with van der Waals surface area (Å²) in [5, 5.41) is 7.94. The van der Waals surface area contributed by atoms with Gasteiger partial charge in [0.25, 0.3) is 0 Å². The zero-order valence-corrected chi connectivity index (χ0v) is 14.0. The number of hydrogen-bond donors (Lipinski definition) is 1. The molecule has 4 nitrogen and oxygen atoms in total. The third-order valence-corrected chi connectivity index (χ3v) is 4.20. The molecule has 0 saturated carbocycles. The Labute approximate surface area is 145 Å². The molecule has 0 radical (unpaired) electrons. The summed E-state index contributed by atoms with van der Waals surface area (Å²) in [6.45, 7) is 3.42. The van der Waals surface area contributed by atoms with Crippen molar-refractivity contribution in [2.24, 2.45) is 0 Å². The monoisotopic (exact) mass is 344 g/mol. The van der Waals surface area contributed by atoms with Crippen LogP contribution in [0.4, 0.5) is 4.39 Å². The third-order valence-electron chi connectivity index (χ3n) is 3.88. The van der Waals surface area contributed by atoms with E-state index in [0.717, 1.165) is 5.56 Å². The number of hydrogen-bond acceptors (Lipinski definition) is 3. The van der Waals surface area contributed by atoms with Gasteiger partial charge in [-0.2, -0.15) is 5.10 Å². The first kappa shape index (κ1) is 16.6. The van der Waals surface area contributed by atoms with E-state index >= 15 is 0 Å². The molecular weight excluding hydrogens is 327 g/mol. The summed E-state index contributed by atoms with van der Waals surface area (Å²) in [5.41, 5.74) is 3.22. The fraction of sp³-hybridized carbons (Fsp3) is 0.222. The fourth-order valence-corrected chi connectivity index (χ4v) is 2.83. The van der Waals surface area contributed by atoms with Crippen LogP contribution in [-0.2, 0) is 13.1 Å². The normalized spacial score (nSPS) is 12.3. The van der Waals surface area contributed by atoms with Crippen LogP contribution >= 0.6 is 11.6 Å². The van der Waals surface area contributed by atoms with Gasteiger partial charge in [-0.25, -0.2) is 14.1 Å². The first-order chi connectivity index (χ1) is 11.6. The molecular formula is C18H18ClFN4. The van der Waals surface area contributed by atoms with E-state index in [9.17, 15) is 4.39 Å². The Morgan fingerprint density at radius 2 is 1.92 bits per heavy atom. The lowest BCUT2D eigenvalue weighted by Gasteiger charge is -2.16. The molecule has 1 unspecified atom stereocenters.